The van der Waals surface area contributed by atoms with E-state index in [-0.39, 0.29) is 15.6 Å². The lowest BCUT2D eigenvalue weighted by Crippen LogP contribution is -2.36. The van der Waals surface area contributed by atoms with Crippen molar-refractivity contribution in [2.75, 3.05) is 35.9 Å². The highest BCUT2D eigenvalue weighted by Gasteiger charge is 2.24. The van der Waals surface area contributed by atoms with Gasteiger partial charge in [0.2, 0.25) is 0 Å². The minimum Gasteiger partial charge on any atom is -0.471 e. The summed E-state index contributed by atoms with van der Waals surface area (Å²) in [6, 6.07) is 8.30. The fraction of sp³-hybridized carbons (Fsp3) is 0.190. The molecule has 0 spiro atoms. The Morgan fingerprint density at radius 1 is 1.15 bits per heavy atom. The van der Waals surface area contributed by atoms with Crippen molar-refractivity contribution in [1.82, 2.24) is 15.0 Å². The quantitative estimate of drug-likeness (QED) is 0.417. The molecule has 170 valence electrons. The Morgan fingerprint density at radius 3 is 2.73 bits per heavy atom. The van der Waals surface area contributed by atoms with E-state index in [1.807, 2.05) is 0 Å². The minimum absolute atomic E-state index is 0.00825. The van der Waals surface area contributed by atoms with E-state index in [1.54, 1.807) is 30.5 Å². The van der Waals surface area contributed by atoms with Gasteiger partial charge < -0.3 is 14.1 Å². The summed E-state index contributed by atoms with van der Waals surface area (Å²) in [7, 11) is -3.85. The van der Waals surface area contributed by atoms with E-state index >= 15 is 0 Å². The molecule has 3 aromatic heterocycles. The van der Waals surface area contributed by atoms with Gasteiger partial charge in [-0.2, -0.15) is 0 Å². The molecule has 9 nitrogen and oxygen atoms in total. The number of nitrogens with zero attached hydrogens (tertiary/aromatic N) is 4. The number of furan rings is 1. The Balaban J connectivity index is 1.58. The van der Waals surface area contributed by atoms with Gasteiger partial charge >= 0.3 is 0 Å². The van der Waals surface area contributed by atoms with E-state index in [1.165, 1.54) is 30.0 Å². The van der Waals surface area contributed by atoms with Crippen molar-refractivity contribution in [3.05, 3.63) is 60.4 Å². The fourth-order valence-electron chi connectivity index (χ4n) is 3.38. The Morgan fingerprint density at radius 2 is 2.00 bits per heavy atom. The summed E-state index contributed by atoms with van der Waals surface area (Å²) < 4.78 is 38.3. The lowest BCUT2D eigenvalue weighted by molar-refractivity contribution is 0.122. The molecule has 0 bridgehead atoms. The zero-order valence-electron chi connectivity index (χ0n) is 17.1. The zero-order valence-corrected chi connectivity index (χ0v) is 19.5. The summed E-state index contributed by atoms with van der Waals surface area (Å²) in [6.07, 6.45) is 5.59. The van der Waals surface area contributed by atoms with Gasteiger partial charge in [-0.3, -0.25) is 4.72 Å². The molecule has 0 radical (unpaired) electrons. The van der Waals surface area contributed by atoms with Crippen LogP contribution in [0.2, 0.25) is 5.02 Å². The van der Waals surface area contributed by atoms with Crippen molar-refractivity contribution in [1.29, 1.82) is 0 Å². The van der Waals surface area contributed by atoms with Gasteiger partial charge in [0.05, 0.1) is 46.5 Å². The number of hydrogen-bond donors (Lipinski definition) is 1. The molecule has 5 rings (SSSR count). The highest BCUT2D eigenvalue weighted by atomic mass is 35.5. The number of rotatable bonds is 6. The second kappa shape index (κ2) is 9.10. The molecule has 1 aromatic carbocycles. The number of benzene rings is 1. The Hall–Kier alpha value is -2.99. The van der Waals surface area contributed by atoms with Crippen LogP contribution in [0.15, 0.2) is 64.7 Å². The normalized spacial score (nSPS) is 14.4. The van der Waals surface area contributed by atoms with Crippen LogP contribution < -0.4 is 9.62 Å². The number of hydrogen-bond acceptors (Lipinski definition) is 9. The van der Waals surface area contributed by atoms with Gasteiger partial charge in [0.15, 0.2) is 5.13 Å². The maximum Gasteiger partial charge on any atom is 0.265 e. The van der Waals surface area contributed by atoms with Crippen LogP contribution in [0, 0.1) is 0 Å². The number of aromatic nitrogens is 3. The van der Waals surface area contributed by atoms with Crippen molar-refractivity contribution < 1.29 is 17.6 Å². The molecule has 1 fully saturated rings. The summed E-state index contributed by atoms with van der Waals surface area (Å²) in [5.41, 5.74) is 2.16. The second-order valence-corrected chi connectivity index (χ2v) is 10.1. The average Bonchev–Trinajstić information content (AvgIpc) is 3.53. The number of sulfonamides is 1. The molecule has 1 saturated heterocycles. The molecular weight excluding hydrogens is 486 g/mol. The van der Waals surface area contributed by atoms with Crippen molar-refractivity contribution in [3.63, 3.8) is 0 Å². The van der Waals surface area contributed by atoms with Gasteiger partial charge in [0, 0.05) is 24.8 Å². The van der Waals surface area contributed by atoms with Crippen LogP contribution >= 0.6 is 22.9 Å². The summed E-state index contributed by atoms with van der Waals surface area (Å²) >= 11 is 8.21. The van der Waals surface area contributed by atoms with Crippen LogP contribution in [0.25, 0.3) is 21.8 Å². The predicted molar refractivity (Wildman–Crippen MR) is 126 cm³/mol. The van der Waals surface area contributed by atoms with Crippen LogP contribution in [0.4, 0.5) is 10.8 Å². The maximum absolute atomic E-state index is 12.7. The monoisotopic (exact) mass is 503 g/mol. The van der Waals surface area contributed by atoms with Gasteiger partial charge in [-0.15, -0.1) is 0 Å². The first-order valence-electron chi connectivity index (χ1n) is 9.97. The maximum atomic E-state index is 12.7. The topological polar surface area (TPSA) is 110 Å². The molecule has 0 aliphatic carbocycles. The summed E-state index contributed by atoms with van der Waals surface area (Å²) in [5.74, 6) is 0. The molecule has 1 N–H and O–H groups in total. The van der Waals surface area contributed by atoms with Gasteiger partial charge in [-0.25, -0.2) is 23.4 Å². The van der Waals surface area contributed by atoms with Gasteiger partial charge in [-0.1, -0.05) is 35.1 Å². The molecule has 33 heavy (non-hydrogen) atoms. The van der Waals surface area contributed by atoms with E-state index in [0.29, 0.717) is 30.2 Å². The second-order valence-electron chi connectivity index (χ2n) is 7.10. The van der Waals surface area contributed by atoms with Crippen LogP contribution in [-0.2, 0) is 14.8 Å². The molecule has 4 heterocycles. The van der Waals surface area contributed by atoms with Crippen LogP contribution in [-0.4, -0.2) is 49.7 Å². The third-order valence-corrected chi connectivity index (χ3v) is 7.90. The largest absolute Gasteiger partial charge is 0.471 e. The molecule has 1 aliphatic heterocycles. The third kappa shape index (κ3) is 4.44. The molecule has 0 unspecified atom stereocenters. The lowest BCUT2D eigenvalue weighted by atomic mass is 10.1. The smallest absolute Gasteiger partial charge is 0.265 e. The number of halogens is 1. The molecule has 12 heteroatoms. The first kappa shape index (κ1) is 21.8. The number of nitrogens with one attached hydrogen (secondary N) is 1. The predicted octanol–water partition coefficient (Wildman–Crippen LogP) is 4.15. The van der Waals surface area contributed by atoms with Gasteiger partial charge in [-0.05, 0) is 18.2 Å². The molecule has 0 saturated carbocycles. The highest BCUT2D eigenvalue weighted by molar-refractivity contribution is 7.92. The van der Waals surface area contributed by atoms with E-state index in [4.69, 9.17) is 25.7 Å². The lowest BCUT2D eigenvalue weighted by Gasteiger charge is -2.26. The Bertz CT molecular complexity index is 1350. The van der Waals surface area contributed by atoms with E-state index in [0.717, 1.165) is 29.4 Å². The standard InChI is InChI=1S/C21H18ClN5O4S2/c22-18-15(2-1-3-16(18)26-33(28,29)14-5-9-31-12-14)19-20(17-4-6-23-13-24-17)32-21(25-19)27-7-10-30-11-8-27/h1-6,9,12-13,26H,7-8,10-11H2. The van der Waals surface area contributed by atoms with Crippen molar-refractivity contribution >= 4 is 43.8 Å². The molecular formula is C21H18ClN5O4S2. The van der Waals surface area contributed by atoms with Crippen LogP contribution in [0.3, 0.4) is 0 Å². The molecule has 0 atom stereocenters. The summed E-state index contributed by atoms with van der Waals surface area (Å²) in [6.45, 7) is 2.72. The van der Waals surface area contributed by atoms with Gasteiger partial charge in [0.1, 0.15) is 17.5 Å². The number of ether oxygens (including phenoxy) is 1. The zero-order chi connectivity index (χ0) is 22.8. The van der Waals surface area contributed by atoms with Crippen LogP contribution in [0.5, 0.6) is 0 Å². The van der Waals surface area contributed by atoms with E-state index in [2.05, 4.69) is 19.6 Å². The average molecular weight is 504 g/mol. The Labute approximate surface area is 199 Å². The molecule has 1 aliphatic rings. The third-order valence-electron chi connectivity index (χ3n) is 5.02. The van der Waals surface area contributed by atoms with Gasteiger partial charge in [0.25, 0.3) is 10.0 Å². The first-order chi connectivity index (χ1) is 16.0. The number of thiazole rings is 1. The van der Waals surface area contributed by atoms with E-state index in [9.17, 15) is 8.42 Å². The number of anilines is 2. The summed E-state index contributed by atoms with van der Waals surface area (Å²) in [5, 5.41) is 1.06. The SMILES string of the molecule is O=S(=O)(Nc1cccc(-c2nc(N3CCOCC3)sc2-c2ccncn2)c1Cl)c1ccoc1. The van der Waals surface area contributed by atoms with Crippen molar-refractivity contribution in [2.24, 2.45) is 0 Å². The van der Waals surface area contributed by atoms with Crippen LogP contribution in [0.1, 0.15) is 0 Å². The minimum atomic E-state index is -3.85. The fourth-order valence-corrected chi connectivity index (χ4v) is 5.80. The molecule has 0 amide bonds. The summed E-state index contributed by atoms with van der Waals surface area (Å²) in [4.78, 5) is 16.3. The number of morpholine rings is 1. The van der Waals surface area contributed by atoms with Crippen molar-refractivity contribution in [2.45, 2.75) is 4.90 Å². The van der Waals surface area contributed by atoms with E-state index < -0.39 is 10.0 Å². The Kier molecular flexibility index (Phi) is 6.02. The molecule has 4 aromatic rings. The van der Waals surface area contributed by atoms with Crippen molar-refractivity contribution in [3.8, 4) is 21.8 Å². The first-order valence-corrected chi connectivity index (χ1v) is 12.6. The highest BCUT2D eigenvalue weighted by Crippen LogP contribution is 2.43.